The molecule has 138 valence electrons. The van der Waals surface area contributed by atoms with Crippen LogP contribution in [0, 0.1) is 6.92 Å². The number of likely N-dealkylation sites (N-methyl/N-ethyl adjacent to an activating group) is 1. The Hall–Kier alpha value is -2.67. The van der Waals surface area contributed by atoms with Crippen molar-refractivity contribution in [1.82, 2.24) is 14.9 Å². The van der Waals surface area contributed by atoms with Crippen molar-refractivity contribution in [2.45, 2.75) is 13.8 Å². The second kappa shape index (κ2) is 8.14. The van der Waals surface area contributed by atoms with Gasteiger partial charge in [-0.2, -0.15) is 0 Å². The van der Waals surface area contributed by atoms with Gasteiger partial charge in [0.05, 0.1) is 25.2 Å². The molecule has 1 aromatic carbocycles. The zero-order chi connectivity index (χ0) is 18.5. The Morgan fingerprint density at radius 2 is 1.96 bits per heavy atom. The van der Waals surface area contributed by atoms with Crippen LogP contribution in [0.2, 0.25) is 0 Å². The van der Waals surface area contributed by atoms with Crippen molar-refractivity contribution in [2.75, 3.05) is 50.1 Å². The van der Waals surface area contributed by atoms with E-state index in [0.717, 1.165) is 44.1 Å². The number of piperazine rings is 1. The van der Waals surface area contributed by atoms with Gasteiger partial charge in [-0.1, -0.05) is 13.0 Å². The number of amides is 1. The fourth-order valence-electron chi connectivity index (χ4n) is 3.00. The first-order valence-electron chi connectivity index (χ1n) is 8.86. The van der Waals surface area contributed by atoms with E-state index in [4.69, 9.17) is 4.74 Å². The molecule has 1 saturated heterocycles. The first-order valence-corrected chi connectivity index (χ1v) is 8.86. The van der Waals surface area contributed by atoms with Gasteiger partial charge in [-0.25, -0.2) is 9.97 Å². The van der Waals surface area contributed by atoms with Crippen molar-refractivity contribution in [1.29, 1.82) is 0 Å². The van der Waals surface area contributed by atoms with Crippen LogP contribution < -0.4 is 15.0 Å². The zero-order valence-corrected chi connectivity index (χ0v) is 15.5. The van der Waals surface area contributed by atoms with Crippen LogP contribution in [0.3, 0.4) is 0 Å². The average Bonchev–Trinajstić information content (AvgIpc) is 2.68. The summed E-state index contributed by atoms with van der Waals surface area (Å²) in [6.07, 6.45) is 3.20. The number of anilines is 2. The van der Waals surface area contributed by atoms with Gasteiger partial charge in [0.1, 0.15) is 17.3 Å². The third-order valence-electron chi connectivity index (χ3n) is 4.62. The van der Waals surface area contributed by atoms with Gasteiger partial charge in [0.2, 0.25) is 0 Å². The molecule has 0 aliphatic carbocycles. The predicted molar refractivity (Wildman–Crippen MR) is 102 cm³/mol. The van der Waals surface area contributed by atoms with Crippen LogP contribution in [-0.2, 0) is 0 Å². The molecule has 26 heavy (non-hydrogen) atoms. The van der Waals surface area contributed by atoms with Crippen molar-refractivity contribution in [2.24, 2.45) is 0 Å². The third-order valence-corrected chi connectivity index (χ3v) is 4.62. The number of nitrogens with one attached hydrogen (secondary N) is 1. The molecule has 1 N–H and O–H groups in total. The van der Waals surface area contributed by atoms with E-state index in [1.807, 2.05) is 25.1 Å². The van der Waals surface area contributed by atoms with E-state index in [0.29, 0.717) is 11.4 Å². The first kappa shape index (κ1) is 18.1. The largest absolute Gasteiger partial charge is 0.495 e. The molecule has 0 atom stereocenters. The fourth-order valence-corrected chi connectivity index (χ4v) is 3.00. The molecular formula is C19H25N5O2. The fraction of sp³-hybridized carbons (Fsp3) is 0.421. The first-order chi connectivity index (χ1) is 12.6. The summed E-state index contributed by atoms with van der Waals surface area (Å²) in [5, 5.41) is 2.84. The second-order valence-electron chi connectivity index (χ2n) is 6.34. The quantitative estimate of drug-likeness (QED) is 0.887. The minimum Gasteiger partial charge on any atom is -0.495 e. The van der Waals surface area contributed by atoms with Gasteiger partial charge in [0.15, 0.2) is 0 Å². The Labute approximate surface area is 154 Å². The molecule has 0 bridgehead atoms. The molecule has 1 amide bonds. The van der Waals surface area contributed by atoms with Crippen LogP contribution >= 0.6 is 0 Å². The van der Waals surface area contributed by atoms with Gasteiger partial charge in [0, 0.05) is 26.2 Å². The number of hydrogen-bond donors (Lipinski definition) is 1. The Bertz CT molecular complexity index is 755. The standard InChI is InChI=1S/C19H25N5O2/c1-4-23-7-9-24(10-8-23)18-13-20-16(12-21-18)19(25)22-15-11-14(2)5-6-17(15)26-3/h5-6,11-13H,4,7-10H2,1-3H3,(H,22,25). The van der Waals surface area contributed by atoms with Crippen molar-refractivity contribution >= 4 is 17.4 Å². The minimum atomic E-state index is -0.302. The molecule has 0 saturated carbocycles. The van der Waals surface area contributed by atoms with Crippen LogP contribution in [-0.4, -0.2) is 60.6 Å². The van der Waals surface area contributed by atoms with E-state index in [9.17, 15) is 4.79 Å². The van der Waals surface area contributed by atoms with Crippen molar-refractivity contribution in [3.05, 3.63) is 41.9 Å². The molecule has 0 spiro atoms. The Kier molecular flexibility index (Phi) is 5.68. The molecule has 3 rings (SSSR count). The third kappa shape index (κ3) is 4.11. The smallest absolute Gasteiger partial charge is 0.275 e. The Morgan fingerprint density at radius 1 is 1.19 bits per heavy atom. The van der Waals surface area contributed by atoms with E-state index >= 15 is 0 Å². The van der Waals surface area contributed by atoms with E-state index < -0.39 is 0 Å². The van der Waals surface area contributed by atoms with E-state index in [2.05, 4.69) is 32.0 Å². The average molecular weight is 355 g/mol. The molecule has 1 aliphatic heterocycles. The number of ether oxygens (including phenoxy) is 1. The minimum absolute atomic E-state index is 0.282. The topological polar surface area (TPSA) is 70.6 Å². The molecule has 2 heterocycles. The molecule has 1 aliphatic rings. The van der Waals surface area contributed by atoms with Gasteiger partial charge < -0.3 is 19.9 Å². The number of rotatable bonds is 5. The predicted octanol–water partition coefficient (Wildman–Crippen LogP) is 2.19. The maximum Gasteiger partial charge on any atom is 0.275 e. The Balaban J connectivity index is 1.67. The second-order valence-corrected chi connectivity index (χ2v) is 6.34. The number of benzene rings is 1. The molecule has 0 radical (unpaired) electrons. The number of aromatic nitrogens is 2. The summed E-state index contributed by atoms with van der Waals surface area (Å²) in [5.74, 6) is 1.12. The maximum absolute atomic E-state index is 12.5. The SMILES string of the molecule is CCN1CCN(c2cnc(C(=O)Nc3cc(C)ccc3OC)cn2)CC1. The molecule has 1 aromatic heterocycles. The highest BCUT2D eigenvalue weighted by atomic mass is 16.5. The van der Waals surface area contributed by atoms with Crippen molar-refractivity contribution in [3.63, 3.8) is 0 Å². The highest BCUT2D eigenvalue weighted by Crippen LogP contribution is 2.25. The number of hydrogen-bond acceptors (Lipinski definition) is 6. The lowest BCUT2D eigenvalue weighted by Crippen LogP contribution is -2.46. The van der Waals surface area contributed by atoms with Gasteiger partial charge in [-0.05, 0) is 31.2 Å². The summed E-state index contributed by atoms with van der Waals surface area (Å²) < 4.78 is 5.29. The maximum atomic E-state index is 12.5. The monoisotopic (exact) mass is 355 g/mol. The molecule has 1 fully saturated rings. The van der Waals surface area contributed by atoms with Crippen molar-refractivity contribution in [3.8, 4) is 5.75 Å². The van der Waals surface area contributed by atoms with Crippen LogP contribution in [0.5, 0.6) is 5.75 Å². The van der Waals surface area contributed by atoms with Gasteiger partial charge in [-0.15, -0.1) is 0 Å². The number of carbonyl (C=O) groups is 1. The summed E-state index contributed by atoms with van der Waals surface area (Å²) in [6, 6.07) is 5.63. The summed E-state index contributed by atoms with van der Waals surface area (Å²) in [6.45, 7) is 9.10. The zero-order valence-electron chi connectivity index (χ0n) is 15.5. The molecule has 7 heteroatoms. The number of aryl methyl sites for hydroxylation is 1. The highest BCUT2D eigenvalue weighted by Gasteiger charge is 2.18. The number of methoxy groups -OCH3 is 1. The number of carbonyl (C=O) groups excluding carboxylic acids is 1. The highest BCUT2D eigenvalue weighted by molar-refractivity contribution is 6.03. The molecule has 0 unspecified atom stereocenters. The molecule has 7 nitrogen and oxygen atoms in total. The van der Waals surface area contributed by atoms with Gasteiger partial charge >= 0.3 is 0 Å². The van der Waals surface area contributed by atoms with Crippen LogP contribution in [0.1, 0.15) is 23.0 Å². The lowest BCUT2D eigenvalue weighted by molar-refractivity contribution is 0.102. The lowest BCUT2D eigenvalue weighted by atomic mass is 10.2. The van der Waals surface area contributed by atoms with Crippen molar-refractivity contribution < 1.29 is 9.53 Å². The van der Waals surface area contributed by atoms with Gasteiger partial charge in [0.25, 0.3) is 5.91 Å². The molecular weight excluding hydrogens is 330 g/mol. The van der Waals surface area contributed by atoms with E-state index in [1.54, 1.807) is 13.3 Å². The van der Waals surface area contributed by atoms with Crippen LogP contribution in [0.25, 0.3) is 0 Å². The molecule has 2 aromatic rings. The summed E-state index contributed by atoms with van der Waals surface area (Å²) in [5.41, 5.74) is 1.94. The summed E-state index contributed by atoms with van der Waals surface area (Å²) in [4.78, 5) is 25.8. The van der Waals surface area contributed by atoms with E-state index in [-0.39, 0.29) is 11.6 Å². The summed E-state index contributed by atoms with van der Waals surface area (Å²) >= 11 is 0. The van der Waals surface area contributed by atoms with Gasteiger partial charge in [-0.3, -0.25) is 4.79 Å². The number of nitrogens with zero attached hydrogens (tertiary/aromatic N) is 4. The normalized spacial score (nSPS) is 15.0. The summed E-state index contributed by atoms with van der Waals surface area (Å²) in [7, 11) is 1.58. The van der Waals surface area contributed by atoms with Crippen LogP contribution in [0.4, 0.5) is 11.5 Å². The lowest BCUT2D eigenvalue weighted by Gasteiger charge is -2.34. The Morgan fingerprint density at radius 3 is 2.58 bits per heavy atom. The van der Waals surface area contributed by atoms with Crippen LogP contribution in [0.15, 0.2) is 30.6 Å². The van der Waals surface area contributed by atoms with E-state index in [1.165, 1.54) is 6.20 Å².